The topological polar surface area (TPSA) is 62.5 Å². The largest absolute Gasteiger partial charge is 0.383 e. The van der Waals surface area contributed by atoms with Gasteiger partial charge in [-0.3, -0.25) is 9.69 Å². The first kappa shape index (κ1) is 13.0. The van der Waals surface area contributed by atoms with E-state index in [0.29, 0.717) is 11.4 Å². The molecule has 0 aromatic carbocycles. The smallest absolute Gasteiger partial charge is 0.185 e. The van der Waals surface area contributed by atoms with Crippen molar-refractivity contribution < 1.29 is 4.79 Å². The van der Waals surface area contributed by atoms with Crippen LogP contribution in [-0.2, 0) is 0 Å². The Hall–Kier alpha value is -1.46. The lowest BCUT2D eigenvalue weighted by molar-refractivity contribution is 0.0686. The second-order valence-corrected chi connectivity index (χ2v) is 5.01. The summed E-state index contributed by atoms with van der Waals surface area (Å²) >= 11 is 0. The van der Waals surface area contributed by atoms with Gasteiger partial charge in [0.2, 0.25) is 0 Å². The summed E-state index contributed by atoms with van der Waals surface area (Å²) < 4.78 is 0. The molecule has 1 aromatic heterocycles. The van der Waals surface area contributed by atoms with Gasteiger partial charge in [0.05, 0.1) is 11.6 Å². The van der Waals surface area contributed by atoms with Crippen molar-refractivity contribution in [1.29, 1.82) is 0 Å². The number of pyridine rings is 1. The molecule has 1 unspecified atom stereocenters. The molecule has 18 heavy (non-hydrogen) atoms. The highest BCUT2D eigenvalue weighted by molar-refractivity contribution is 6.04. The lowest BCUT2D eigenvalue weighted by Crippen LogP contribution is -2.53. The van der Waals surface area contributed by atoms with E-state index in [1.54, 1.807) is 6.20 Å². The summed E-state index contributed by atoms with van der Waals surface area (Å²) in [5.41, 5.74) is 7.32. The number of likely N-dealkylation sites (N-methyl/N-ethyl adjacent to an activating group) is 2. The molecule has 2 heterocycles. The number of Topliss-reactive ketones (excluding diaryl/α,β-unsaturated/α-hetero) is 1. The number of aryl methyl sites for hydroxylation is 1. The number of ketones is 1. The standard InChI is InChI=1S/C13H20N4O/c1-9-4-5-15-13(14)11(9)12(18)10-8-16(2)6-7-17(10)3/h4-5,10H,6-8H2,1-3H3,(H2,14,15). The molecule has 0 radical (unpaired) electrons. The van der Waals surface area contributed by atoms with Crippen LogP contribution in [0.5, 0.6) is 0 Å². The van der Waals surface area contributed by atoms with Crippen LogP contribution in [0.3, 0.4) is 0 Å². The lowest BCUT2D eigenvalue weighted by atomic mass is 9.98. The molecule has 1 aliphatic rings. The van der Waals surface area contributed by atoms with Crippen LogP contribution in [0.2, 0.25) is 0 Å². The summed E-state index contributed by atoms with van der Waals surface area (Å²) in [4.78, 5) is 20.9. The summed E-state index contributed by atoms with van der Waals surface area (Å²) in [7, 11) is 4.02. The fourth-order valence-electron chi connectivity index (χ4n) is 2.36. The third-order valence-corrected chi connectivity index (χ3v) is 3.59. The van der Waals surface area contributed by atoms with Crippen LogP contribution in [0, 0.1) is 6.92 Å². The Morgan fingerprint density at radius 3 is 2.83 bits per heavy atom. The monoisotopic (exact) mass is 248 g/mol. The van der Waals surface area contributed by atoms with E-state index in [0.717, 1.165) is 25.2 Å². The SMILES string of the molecule is Cc1ccnc(N)c1C(=O)C1CN(C)CCN1C. The predicted molar refractivity (Wildman–Crippen MR) is 71.6 cm³/mol. The van der Waals surface area contributed by atoms with Crippen LogP contribution in [0.15, 0.2) is 12.3 Å². The minimum Gasteiger partial charge on any atom is -0.383 e. The number of aromatic nitrogens is 1. The van der Waals surface area contributed by atoms with Gasteiger partial charge in [0, 0.05) is 25.8 Å². The lowest BCUT2D eigenvalue weighted by Gasteiger charge is -2.36. The quantitative estimate of drug-likeness (QED) is 0.768. The van der Waals surface area contributed by atoms with Crippen molar-refractivity contribution >= 4 is 11.6 Å². The van der Waals surface area contributed by atoms with E-state index < -0.39 is 0 Å². The van der Waals surface area contributed by atoms with Gasteiger partial charge < -0.3 is 10.6 Å². The zero-order chi connectivity index (χ0) is 13.3. The van der Waals surface area contributed by atoms with Crippen LogP contribution in [-0.4, -0.2) is 60.3 Å². The number of rotatable bonds is 2. The Labute approximate surface area is 108 Å². The van der Waals surface area contributed by atoms with Crippen LogP contribution in [0.25, 0.3) is 0 Å². The Bertz CT molecular complexity index is 440. The number of anilines is 1. The first-order chi connectivity index (χ1) is 8.50. The minimum absolute atomic E-state index is 0.0761. The van der Waals surface area contributed by atoms with Crippen molar-refractivity contribution in [3.63, 3.8) is 0 Å². The molecule has 98 valence electrons. The van der Waals surface area contributed by atoms with Crippen LogP contribution >= 0.6 is 0 Å². The van der Waals surface area contributed by atoms with Gasteiger partial charge in [-0.1, -0.05) is 0 Å². The fourth-order valence-corrected chi connectivity index (χ4v) is 2.36. The van der Waals surface area contributed by atoms with E-state index in [4.69, 9.17) is 5.73 Å². The van der Waals surface area contributed by atoms with Crippen molar-refractivity contribution in [2.45, 2.75) is 13.0 Å². The molecule has 1 aliphatic heterocycles. The zero-order valence-electron chi connectivity index (χ0n) is 11.2. The Morgan fingerprint density at radius 1 is 1.44 bits per heavy atom. The van der Waals surface area contributed by atoms with Gasteiger partial charge in [-0.15, -0.1) is 0 Å². The summed E-state index contributed by atoms with van der Waals surface area (Å²) in [5, 5.41) is 0. The minimum atomic E-state index is -0.131. The highest BCUT2D eigenvalue weighted by Crippen LogP contribution is 2.19. The van der Waals surface area contributed by atoms with Crippen molar-refractivity contribution in [3.05, 3.63) is 23.4 Å². The summed E-state index contributed by atoms with van der Waals surface area (Å²) in [6, 6.07) is 1.70. The van der Waals surface area contributed by atoms with E-state index in [1.807, 2.05) is 27.1 Å². The van der Waals surface area contributed by atoms with Crippen LogP contribution in [0.4, 0.5) is 5.82 Å². The highest BCUT2D eigenvalue weighted by atomic mass is 16.1. The summed E-state index contributed by atoms with van der Waals surface area (Å²) in [5.74, 6) is 0.411. The second kappa shape index (κ2) is 5.04. The number of nitrogens with zero attached hydrogens (tertiary/aromatic N) is 3. The first-order valence-electron chi connectivity index (χ1n) is 6.14. The average molecular weight is 248 g/mol. The number of carbonyl (C=O) groups excluding carboxylic acids is 1. The number of hydrogen-bond donors (Lipinski definition) is 1. The molecule has 0 bridgehead atoms. The number of carbonyl (C=O) groups is 1. The molecule has 1 saturated heterocycles. The molecule has 2 rings (SSSR count). The first-order valence-corrected chi connectivity index (χ1v) is 6.14. The second-order valence-electron chi connectivity index (χ2n) is 5.01. The molecule has 1 atom stereocenters. The molecule has 2 N–H and O–H groups in total. The Balaban J connectivity index is 2.30. The number of nitrogens with two attached hydrogens (primary N) is 1. The van der Waals surface area contributed by atoms with Crippen LogP contribution < -0.4 is 5.73 Å². The molecule has 0 spiro atoms. The molecule has 5 heteroatoms. The van der Waals surface area contributed by atoms with Gasteiger partial charge in [0.25, 0.3) is 0 Å². The average Bonchev–Trinajstić information content (AvgIpc) is 2.32. The third-order valence-electron chi connectivity index (χ3n) is 3.59. The molecule has 0 amide bonds. The Kier molecular flexibility index (Phi) is 3.63. The van der Waals surface area contributed by atoms with E-state index in [2.05, 4.69) is 14.8 Å². The summed E-state index contributed by atoms with van der Waals surface area (Å²) in [6.45, 7) is 4.52. The third kappa shape index (κ3) is 2.37. The zero-order valence-corrected chi connectivity index (χ0v) is 11.2. The molecular weight excluding hydrogens is 228 g/mol. The molecule has 1 aromatic rings. The number of piperazine rings is 1. The van der Waals surface area contributed by atoms with Gasteiger partial charge in [-0.25, -0.2) is 4.98 Å². The molecule has 0 aliphatic carbocycles. The van der Waals surface area contributed by atoms with E-state index in [9.17, 15) is 4.79 Å². The maximum atomic E-state index is 12.6. The maximum absolute atomic E-state index is 12.6. The van der Waals surface area contributed by atoms with Gasteiger partial charge in [-0.05, 0) is 32.6 Å². The van der Waals surface area contributed by atoms with Gasteiger partial charge in [0.15, 0.2) is 5.78 Å². The van der Waals surface area contributed by atoms with Crippen molar-refractivity contribution in [2.24, 2.45) is 0 Å². The van der Waals surface area contributed by atoms with Gasteiger partial charge in [-0.2, -0.15) is 0 Å². The van der Waals surface area contributed by atoms with E-state index in [1.165, 1.54) is 0 Å². The maximum Gasteiger partial charge on any atom is 0.185 e. The summed E-state index contributed by atoms with van der Waals surface area (Å²) in [6.07, 6.45) is 1.64. The van der Waals surface area contributed by atoms with Crippen molar-refractivity contribution in [3.8, 4) is 0 Å². The van der Waals surface area contributed by atoms with Crippen molar-refractivity contribution in [1.82, 2.24) is 14.8 Å². The van der Waals surface area contributed by atoms with E-state index in [-0.39, 0.29) is 11.8 Å². The van der Waals surface area contributed by atoms with E-state index >= 15 is 0 Å². The number of hydrogen-bond acceptors (Lipinski definition) is 5. The number of nitrogen functional groups attached to an aromatic ring is 1. The fraction of sp³-hybridized carbons (Fsp3) is 0.538. The Morgan fingerprint density at radius 2 is 2.17 bits per heavy atom. The normalized spacial score (nSPS) is 22.1. The van der Waals surface area contributed by atoms with Gasteiger partial charge >= 0.3 is 0 Å². The van der Waals surface area contributed by atoms with Crippen LogP contribution in [0.1, 0.15) is 15.9 Å². The van der Waals surface area contributed by atoms with Crippen molar-refractivity contribution in [2.75, 3.05) is 39.5 Å². The molecular formula is C13H20N4O. The highest BCUT2D eigenvalue weighted by Gasteiger charge is 2.31. The molecule has 5 nitrogen and oxygen atoms in total. The molecule has 1 fully saturated rings. The van der Waals surface area contributed by atoms with Gasteiger partial charge in [0.1, 0.15) is 5.82 Å². The molecule has 0 saturated carbocycles. The predicted octanol–water partition coefficient (Wildman–Crippen LogP) is 0.401.